The average molecular weight is 807 g/mol. The highest BCUT2D eigenvalue weighted by Gasteiger charge is 2.44. The molecule has 5 aromatic rings. The molecule has 0 bridgehead atoms. The van der Waals surface area contributed by atoms with Crippen LogP contribution in [0.4, 0.5) is 15.8 Å². The molecule has 17 nitrogen and oxygen atoms in total. The number of amides is 6. The minimum atomic E-state index is -1.04. The number of fused-ring (bicyclic) bond motifs is 2. The van der Waals surface area contributed by atoms with Gasteiger partial charge in [0, 0.05) is 68.8 Å². The van der Waals surface area contributed by atoms with E-state index < -0.39 is 53.9 Å². The Kier molecular flexibility index (Phi) is 11.3. The van der Waals surface area contributed by atoms with Crippen LogP contribution in [-0.2, 0) is 28.0 Å². The van der Waals surface area contributed by atoms with Gasteiger partial charge in [-0.3, -0.25) is 48.5 Å². The fourth-order valence-electron chi connectivity index (χ4n) is 7.04. The normalized spacial score (nSPS) is 15.0. The molecule has 1 unspecified atom stereocenters. The van der Waals surface area contributed by atoms with E-state index in [9.17, 15) is 38.7 Å². The second-order valence-electron chi connectivity index (χ2n) is 14.1. The fraction of sp³-hybridized carbons (Fsp3) is 0.268. The molecule has 59 heavy (non-hydrogen) atoms. The van der Waals surface area contributed by atoms with Crippen molar-refractivity contribution in [3.8, 4) is 16.9 Å². The van der Waals surface area contributed by atoms with Crippen molar-refractivity contribution in [3.05, 3.63) is 101 Å². The maximum Gasteiger partial charge on any atom is 0.262 e. The van der Waals surface area contributed by atoms with Crippen molar-refractivity contribution in [2.45, 2.75) is 45.3 Å². The minimum Gasteiger partial charge on any atom is -0.484 e. The van der Waals surface area contributed by atoms with Crippen molar-refractivity contribution in [1.82, 2.24) is 29.7 Å². The van der Waals surface area contributed by atoms with Crippen LogP contribution in [0.5, 0.6) is 5.75 Å². The molecule has 7 rings (SSSR count). The highest BCUT2D eigenvalue weighted by molar-refractivity contribution is 6.23. The summed E-state index contributed by atoms with van der Waals surface area (Å²) in [5, 5.41) is 24.6. The maximum atomic E-state index is 15.7. The van der Waals surface area contributed by atoms with E-state index in [0.29, 0.717) is 42.7 Å². The number of aliphatic hydroxyl groups is 1. The van der Waals surface area contributed by atoms with E-state index in [2.05, 4.69) is 26.4 Å². The zero-order valence-electron chi connectivity index (χ0n) is 32.0. The summed E-state index contributed by atoms with van der Waals surface area (Å²) < 4.78 is 24.4. The Labute approximate surface area is 335 Å². The number of ether oxygens (including phenoxy) is 1. The first-order valence-electron chi connectivity index (χ1n) is 18.7. The molecule has 3 aromatic heterocycles. The van der Waals surface area contributed by atoms with Gasteiger partial charge in [-0.25, -0.2) is 4.39 Å². The Morgan fingerprint density at radius 1 is 0.983 bits per heavy atom. The number of Topliss-reactive ketones (excluding diaryl/α,β-unsaturated/α-hetero) is 1. The number of anilines is 2. The fourth-order valence-corrected chi connectivity index (χ4v) is 7.04. The third-order valence-electron chi connectivity index (χ3n) is 9.99. The van der Waals surface area contributed by atoms with Crippen LogP contribution in [0.25, 0.3) is 16.6 Å². The standard InChI is InChI=1S/C41H39FN8O9/c1-22(52)33-17-30(38(55)46-31-14-23(20-51)13-28(37(31)42)24-18-45-48(2)19-24)34-16-26(9-12-49(33)34)59-21-36(54)44-11-4-3-10-43-25-5-6-27-29(15-25)41(58)50(40(27)57)32-7-8-35(53)47-39(32)56/h5-6,9,12-19,32,43,51H,3-4,7-8,10-11,20-21H2,1-2H3,(H,44,54)(H,46,55)(H,47,53,56). The highest BCUT2D eigenvalue weighted by Crippen LogP contribution is 2.32. The summed E-state index contributed by atoms with van der Waals surface area (Å²) >= 11 is 0. The van der Waals surface area contributed by atoms with Crippen LogP contribution >= 0.6 is 0 Å². The van der Waals surface area contributed by atoms with Gasteiger partial charge >= 0.3 is 0 Å². The molecule has 304 valence electrons. The van der Waals surface area contributed by atoms with Gasteiger partial charge in [0.1, 0.15) is 11.8 Å². The number of nitrogens with zero attached hydrogens (tertiary/aromatic N) is 4. The topological polar surface area (TPSA) is 223 Å². The smallest absolute Gasteiger partial charge is 0.262 e. The molecule has 0 saturated carbocycles. The van der Waals surface area contributed by atoms with Crippen LogP contribution in [0.3, 0.4) is 0 Å². The van der Waals surface area contributed by atoms with E-state index in [1.54, 1.807) is 31.4 Å². The lowest BCUT2D eigenvalue weighted by Crippen LogP contribution is -2.54. The number of imide groups is 2. The summed E-state index contributed by atoms with van der Waals surface area (Å²) in [7, 11) is 1.68. The number of carbonyl (C=O) groups is 7. The first-order chi connectivity index (χ1) is 28.3. The zero-order valence-corrected chi connectivity index (χ0v) is 32.0. The lowest BCUT2D eigenvalue weighted by atomic mass is 10.0. The number of aromatic nitrogens is 3. The molecule has 0 aliphatic carbocycles. The van der Waals surface area contributed by atoms with Crippen LogP contribution in [0.1, 0.15) is 79.7 Å². The molecule has 2 aliphatic heterocycles. The number of carbonyl (C=O) groups excluding carboxylic acids is 7. The second kappa shape index (κ2) is 16.7. The molecule has 1 atom stereocenters. The number of rotatable bonds is 15. The number of hydrogen-bond donors (Lipinski definition) is 5. The van der Waals surface area contributed by atoms with E-state index in [-0.39, 0.29) is 70.1 Å². The van der Waals surface area contributed by atoms with Gasteiger partial charge in [-0.1, -0.05) is 0 Å². The molecular formula is C41H39FN8O9. The molecular weight excluding hydrogens is 767 g/mol. The van der Waals surface area contributed by atoms with Gasteiger partial charge < -0.3 is 30.2 Å². The lowest BCUT2D eigenvalue weighted by molar-refractivity contribution is -0.136. The van der Waals surface area contributed by atoms with Crippen molar-refractivity contribution in [1.29, 1.82) is 0 Å². The minimum absolute atomic E-state index is 0.0339. The number of nitrogens with one attached hydrogen (secondary N) is 4. The van der Waals surface area contributed by atoms with E-state index in [1.165, 1.54) is 58.7 Å². The van der Waals surface area contributed by atoms with Crippen molar-refractivity contribution >= 4 is 58.1 Å². The second-order valence-corrected chi connectivity index (χ2v) is 14.1. The highest BCUT2D eigenvalue weighted by atomic mass is 19.1. The third kappa shape index (κ3) is 8.29. The number of halogens is 1. The van der Waals surface area contributed by atoms with Gasteiger partial charge in [0.15, 0.2) is 18.2 Å². The van der Waals surface area contributed by atoms with Gasteiger partial charge in [0.05, 0.1) is 46.4 Å². The van der Waals surface area contributed by atoms with Crippen LogP contribution < -0.4 is 26.0 Å². The number of hydrogen-bond acceptors (Lipinski definition) is 11. The average Bonchev–Trinajstić information content (AvgIpc) is 3.89. The van der Waals surface area contributed by atoms with Crippen LogP contribution in [0.15, 0.2) is 67.1 Å². The summed E-state index contributed by atoms with van der Waals surface area (Å²) in [5.41, 5.74) is 2.22. The first kappa shape index (κ1) is 40.0. The van der Waals surface area contributed by atoms with Crippen LogP contribution in [-0.4, -0.2) is 91.2 Å². The number of aryl methyl sites for hydroxylation is 1. The van der Waals surface area contributed by atoms with Crippen molar-refractivity contribution in [3.63, 3.8) is 0 Å². The Bertz CT molecular complexity index is 2560. The SMILES string of the molecule is CC(=O)c1cc(C(=O)Nc2cc(CO)cc(-c3cnn(C)c3)c2F)c2cc(OCC(=O)NCCCCNc3ccc4c(c3)C(=O)N(C3CCC(=O)NC3=O)C4=O)ccn12. The number of unbranched alkanes of at least 4 members (excludes halogenated alkanes) is 1. The Hall–Kier alpha value is -7.21. The van der Waals surface area contributed by atoms with E-state index in [4.69, 9.17) is 4.74 Å². The first-order valence-corrected chi connectivity index (χ1v) is 18.7. The number of benzene rings is 2. The van der Waals surface area contributed by atoms with Crippen LogP contribution in [0.2, 0.25) is 0 Å². The Balaban J connectivity index is 0.914. The van der Waals surface area contributed by atoms with Crippen LogP contribution in [0, 0.1) is 5.82 Å². The molecule has 5 N–H and O–H groups in total. The maximum absolute atomic E-state index is 15.7. The molecule has 2 aliphatic rings. The lowest BCUT2D eigenvalue weighted by Gasteiger charge is -2.27. The van der Waals surface area contributed by atoms with Gasteiger partial charge in [0.25, 0.3) is 23.6 Å². The summed E-state index contributed by atoms with van der Waals surface area (Å²) in [4.78, 5) is 89.5. The molecule has 18 heteroatoms. The van der Waals surface area contributed by atoms with E-state index >= 15 is 4.39 Å². The molecule has 5 heterocycles. The summed E-state index contributed by atoms with van der Waals surface area (Å²) in [5.74, 6) is -4.24. The predicted octanol–water partition coefficient (Wildman–Crippen LogP) is 3.21. The molecule has 2 aromatic carbocycles. The molecule has 1 saturated heterocycles. The number of pyridine rings is 1. The largest absolute Gasteiger partial charge is 0.484 e. The summed E-state index contributed by atoms with van der Waals surface area (Å²) in [6, 6.07) is 10.9. The molecule has 1 fully saturated rings. The van der Waals surface area contributed by atoms with Crippen molar-refractivity contribution in [2.24, 2.45) is 7.05 Å². The quantitative estimate of drug-likeness (QED) is 0.0587. The van der Waals surface area contributed by atoms with Crippen molar-refractivity contribution < 1.29 is 47.8 Å². The molecule has 6 amide bonds. The number of piperidine rings is 1. The predicted molar refractivity (Wildman–Crippen MR) is 209 cm³/mol. The van der Waals surface area contributed by atoms with Gasteiger partial charge in [-0.05, 0) is 67.3 Å². The number of aliphatic hydroxyl groups excluding tert-OH is 1. The number of ketones is 1. The van der Waals surface area contributed by atoms with Crippen molar-refractivity contribution in [2.75, 3.05) is 30.3 Å². The summed E-state index contributed by atoms with van der Waals surface area (Å²) in [6.07, 6.45) is 5.93. The zero-order chi connectivity index (χ0) is 42.0. The monoisotopic (exact) mass is 806 g/mol. The van der Waals surface area contributed by atoms with Gasteiger partial charge in [-0.15, -0.1) is 0 Å². The third-order valence-corrected chi connectivity index (χ3v) is 9.99. The Morgan fingerprint density at radius 2 is 1.76 bits per heavy atom. The van der Waals surface area contributed by atoms with Gasteiger partial charge in [0.2, 0.25) is 11.8 Å². The van der Waals surface area contributed by atoms with E-state index in [0.717, 1.165) is 4.90 Å². The van der Waals surface area contributed by atoms with E-state index in [1.807, 2.05) is 0 Å². The Morgan fingerprint density at radius 3 is 2.49 bits per heavy atom. The molecule has 0 spiro atoms. The molecule has 0 radical (unpaired) electrons. The van der Waals surface area contributed by atoms with Gasteiger partial charge in [-0.2, -0.15) is 5.10 Å². The summed E-state index contributed by atoms with van der Waals surface area (Å²) in [6.45, 7) is 1.42.